The number of carbonyl (C=O) groups is 1. The zero-order valence-electron chi connectivity index (χ0n) is 26.3. The van der Waals surface area contributed by atoms with E-state index < -0.39 is 11.6 Å². The Labute approximate surface area is 283 Å². The Bertz CT molecular complexity index is 1670. The van der Waals surface area contributed by atoms with Crippen LogP contribution in [0, 0.1) is 0 Å². The molecular formula is C37H38BrN3O6. The number of hydrogen-bond donors (Lipinski definition) is 3. The maximum atomic E-state index is 14.4. The molecule has 0 aromatic heterocycles. The van der Waals surface area contributed by atoms with Crippen molar-refractivity contribution in [3.63, 3.8) is 0 Å². The number of aliphatic imine (C=N–C) groups is 1. The van der Waals surface area contributed by atoms with Crippen LogP contribution in [0.1, 0.15) is 41.2 Å². The predicted molar refractivity (Wildman–Crippen MR) is 185 cm³/mol. The molecule has 4 aromatic carbocycles. The van der Waals surface area contributed by atoms with Gasteiger partial charge >= 0.3 is 0 Å². The summed E-state index contributed by atoms with van der Waals surface area (Å²) >= 11 is 3.68. The number of carbonyl (C=O) groups excluding carboxylic acids is 1. The summed E-state index contributed by atoms with van der Waals surface area (Å²) in [4.78, 5) is 19.5. The van der Waals surface area contributed by atoms with Crippen molar-refractivity contribution in [3.8, 4) is 17.2 Å². The molecule has 0 radical (unpaired) electrons. The van der Waals surface area contributed by atoms with Crippen molar-refractivity contribution in [1.82, 2.24) is 10.9 Å². The molecule has 4 aromatic rings. The van der Waals surface area contributed by atoms with Gasteiger partial charge in [0.25, 0.3) is 5.91 Å². The summed E-state index contributed by atoms with van der Waals surface area (Å²) in [5, 5.41) is 9.08. The fourth-order valence-electron chi connectivity index (χ4n) is 5.22. The molecule has 0 unspecified atom stereocenters. The molecule has 1 heterocycles. The van der Waals surface area contributed by atoms with Crippen molar-refractivity contribution in [2.75, 3.05) is 27.4 Å². The van der Waals surface area contributed by atoms with E-state index in [9.17, 15) is 4.79 Å². The topological polar surface area (TPSA) is 111 Å². The summed E-state index contributed by atoms with van der Waals surface area (Å²) in [6.45, 7) is 0.776. The minimum Gasteiger partial charge on any atom is -0.497 e. The van der Waals surface area contributed by atoms with Gasteiger partial charge in [-0.1, -0.05) is 76.6 Å². The van der Waals surface area contributed by atoms with Crippen LogP contribution in [0.15, 0.2) is 113 Å². The number of hydrogen-bond acceptors (Lipinski definition) is 8. The van der Waals surface area contributed by atoms with Crippen LogP contribution >= 0.6 is 15.9 Å². The highest BCUT2D eigenvalue weighted by Gasteiger charge is 2.53. The van der Waals surface area contributed by atoms with Gasteiger partial charge in [-0.25, -0.2) is 10.4 Å². The third-order valence-corrected chi connectivity index (χ3v) is 8.38. The largest absolute Gasteiger partial charge is 0.497 e. The smallest absolute Gasteiger partial charge is 0.266 e. The first kappa shape index (κ1) is 33.7. The van der Waals surface area contributed by atoms with E-state index in [1.807, 2.05) is 103 Å². The van der Waals surface area contributed by atoms with Gasteiger partial charge in [0.05, 0.1) is 20.8 Å². The maximum absolute atomic E-state index is 14.4. The number of halogens is 1. The average molecular weight is 701 g/mol. The summed E-state index contributed by atoms with van der Waals surface area (Å²) in [5.74, 6) is 1.94. The molecule has 3 N–H and O–H groups in total. The monoisotopic (exact) mass is 699 g/mol. The fourth-order valence-corrected chi connectivity index (χ4v) is 5.71. The third-order valence-electron chi connectivity index (χ3n) is 7.66. The van der Waals surface area contributed by atoms with Crippen LogP contribution in [0.4, 0.5) is 0 Å². The summed E-state index contributed by atoms with van der Waals surface area (Å²) in [7, 11) is 3.19. The molecular weight excluding hydrogens is 662 g/mol. The van der Waals surface area contributed by atoms with Crippen LogP contribution in [0.2, 0.25) is 0 Å². The Morgan fingerprint density at radius 1 is 0.957 bits per heavy atom. The summed E-state index contributed by atoms with van der Waals surface area (Å²) in [6, 6.07) is 30.5. The Morgan fingerprint density at radius 2 is 1.66 bits per heavy atom. The summed E-state index contributed by atoms with van der Waals surface area (Å²) in [6.07, 6.45) is 3.97. The number of amides is 1. The minimum absolute atomic E-state index is 0.0601. The SMILES string of the molecule is COc1cc(CNNC(=O)[C@@]2(C/C=C/c3ccccc3)N=C(c3ccc(OCCCO)cc3)O[C@H]2c2ccccc2Br)cc(OC)c1. The first-order valence-corrected chi connectivity index (χ1v) is 16.1. The Kier molecular flexibility index (Phi) is 11.7. The van der Waals surface area contributed by atoms with E-state index >= 15 is 0 Å². The molecule has 5 rings (SSSR count). The number of benzene rings is 4. The van der Waals surface area contributed by atoms with E-state index in [0.29, 0.717) is 48.3 Å². The number of aliphatic hydroxyl groups is 1. The lowest BCUT2D eigenvalue weighted by molar-refractivity contribution is -0.129. The predicted octanol–water partition coefficient (Wildman–Crippen LogP) is 6.41. The summed E-state index contributed by atoms with van der Waals surface area (Å²) in [5.41, 5.74) is 7.98. The van der Waals surface area contributed by atoms with Gasteiger partial charge in [-0.15, -0.1) is 0 Å². The molecule has 0 bridgehead atoms. The van der Waals surface area contributed by atoms with E-state index in [2.05, 4.69) is 26.8 Å². The van der Waals surface area contributed by atoms with Crippen LogP contribution in [0.3, 0.4) is 0 Å². The normalized spacial score (nSPS) is 17.2. The standard InChI is InChI=1S/C37H38BrN3O6/c1-44-30-22-27(23-31(24-30)45-2)25-39-41-36(43)37(19-8-12-26-10-4-3-5-11-26)34(32-13-6-7-14-33(32)38)47-35(40-37)28-15-17-29(18-16-28)46-21-9-20-42/h3-8,10-18,22-24,34,39,42H,9,19-21,25H2,1-2H3,(H,41,43)/b12-8+/t34-,37-/m0/s1. The average Bonchev–Trinajstić information content (AvgIpc) is 3.49. The van der Waals surface area contributed by atoms with Crippen molar-refractivity contribution in [2.24, 2.45) is 4.99 Å². The number of rotatable bonds is 15. The van der Waals surface area contributed by atoms with Crippen LogP contribution in [-0.2, 0) is 16.1 Å². The highest BCUT2D eigenvalue weighted by molar-refractivity contribution is 9.10. The van der Waals surface area contributed by atoms with Crippen LogP contribution in [0.25, 0.3) is 6.08 Å². The molecule has 1 aliphatic heterocycles. The molecule has 1 aliphatic rings. The molecule has 244 valence electrons. The first-order valence-electron chi connectivity index (χ1n) is 15.3. The van der Waals surface area contributed by atoms with Gasteiger partial charge < -0.3 is 24.1 Å². The summed E-state index contributed by atoms with van der Waals surface area (Å²) < 4.78 is 23.9. The van der Waals surface area contributed by atoms with E-state index in [1.165, 1.54) is 0 Å². The van der Waals surface area contributed by atoms with Gasteiger partial charge in [0.15, 0.2) is 11.6 Å². The lowest BCUT2D eigenvalue weighted by Crippen LogP contribution is -2.52. The van der Waals surface area contributed by atoms with E-state index in [0.717, 1.165) is 21.2 Å². The van der Waals surface area contributed by atoms with Gasteiger partial charge in [0, 0.05) is 47.7 Å². The number of nitrogens with one attached hydrogen (secondary N) is 2. The molecule has 0 spiro atoms. The van der Waals surface area contributed by atoms with Gasteiger partial charge in [0.1, 0.15) is 17.2 Å². The fraction of sp³-hybridized carbons (Fsp3) is 0.243. The molecule has 9 nitrogen and oxygen atoms in total. The van der Waals surface area contributed by atoms with Gasteiger partial charge in [0.2, 0.25) is 5.90 Å². The van der Waals surface area contributed by atoms with Crippen LogP contribution in [0.5, 0.6) is 17.2 Å². The van der Waals surface area contributed by atoms with Crippen molar-refractivity contribution in [3.05, 3.63) is 130 Å². The molecule has 0 aliphatic carbocycles. The lowest BCUT2D eigenvalue weighted by Gasteiger charge is -2.30. The molecule has 2 atom stereocenters. The third kappa shape index (κ3) is 8.40. The number of nitrogens with zero attached hydrogens (tertiary/aromatic N) is 1. The molecule has 1 amide bonds. The lowest BCUT2D eigenvalue weighted by atomic mass is 9.84. The van der Waals surface area contributed by atoms with Crippen molar-refractivity contribution in [1.29, 1.82) is 0 Å². The van der Waals surface area contributed by atoms with Crippen LogP contribution in [-0.4, -0.2) is 49.9 Å². The second-order valence-corrected chi connectivity index (χ2v) is 11.7. The quantitative estimate of drug-likeness (QED) is 0.0972. The number of methoxy groups -OCH3 is 2. The van der Waals surface area contributed by atoms with Gasteiger partial charge in [-0.3, -0.25) is 10.2 Å². The number of hydrazine groups is 1. The second-order valence-electron chi connectivity index (χ2n) is 10.9. The van der Waals surface area contributed by atoms with E-state index in [1.54, 1.807) is 20.3 Å². The van der Waals surface area contributed by atoms with Gasteiger partial charge in [-0.05, 0) is 53.6 Å². The Balaban J connectivity index is 1.49. The highest BCUT2D eigenvalue weighted by Crippen LogP contribution is 2.45. The highest BCUT2D eigenvalue weighted by atomic mass is 79.9. The molecule has 0 saturated heterocycles. The maximum Gasteiger partial charge on any atom is 0.266 e. The Morgan fingerprint density at radius 3 is 2.34 bits per heavy atom. The zero-order chi connectivity index (χ0) is 33.1. The molecule has 47 heavy (non-hydrogen) atoms. The van der Waals surface area contributed by atoms with Crippen LogP contribution < -0.4 is 25.1 Å². The van der Waals surface area contributed by atoms with E-state index in [-0.39, 0.29) is 18.9 Å². The van der Waals surface area contributed by atoms with E-state index in [4.69, 9.17) is 29.0 Å². The first-order chi connectivity index (χ1) is 23.0. The van der Waals surface area contributed by atoms with Gasteiger partial charge in [-0.2, -0.15) is 0 Å². The van der Waals surface area contributed by atoms with Crippen molar-refractivity contribution >= 4 is 33.8 Å². The van der Waals surface area contributed by atoms with Crippen molar-refractivity contribution < 1.29 is 28.8 Å². The zero-order valence-corrected chi connectivity index (χ0v) is 27.9. The Hall–Kier alpha value is -4.64. The molecule has 10 heteroatoms. The molecule has 0 saturated carbocycles. The second kappa shape index (κ2) is 16.3. The van der Waals surface area contributed by atoms with Crippen molar-refractivity contribution in [2.45, 2.75) is 31.0 Å². The minimum atomic E-state index is -1.38. The number of ether oxygens (including phenoxy) is 4. The number of aliphatic hydroxyl groups excluding tert-OH is 1. The molecule has 0 fully saturated rings.